The molecule has 0 fully saturated rings. The highest BCUT2D eigenvalue weighted by atomic mass is 127. The van der Waals surface area contributed by atoms with Gasteiger partial charge in [0.2, 0.25) is 0 Å². The number of hydrogen-bond donors (Lipinski definition) is 1. The molecule has 0 aliphatic heterocycles. The quantitative estimate of drug-likeness (QED) is 0.406. The molecule has 0 atom stereocenters. The predicted octanol–water partition coefficient (Wildman–Crippen LogP) is 6.52. The maximum atomic E-state index is 12.2. The Morgan fingerprint density at radius 3 is 2.10 bits per heavy atom. The number of ether oxygens (including phenoxy) is 1. The molecule has 0 aliphatic rings. The standard InChI is InChI=1S/C25H26INO2/c1-15-10-18(4)25(19(5)11-15)22-12-17(3)23(13-16(22)2)29-14-24(28)27-21-8-6-20(26)7-9-21/h6-13H,14H2,1-5H3,(H,27,28). The summed E-state index contributed by atoms with van der Waals surface area (Å²) >= 11 is 2.24. The molecule has 29 heavy (non-hydrogen) atoms. The molecule has 1 amide bonds. The Kier molecular flexibility index (Phi) is 6.63. The van der Waals surface area contributed by atoms with Gasteiger partial charge < -0.3 is 10.1 Å². The molecular weight excluding hydrogens is 473 g/mol. The minimum absolute atomic E-state index is 0.0196. The monoisotopic (exact) mass is 499 g/mol. The highest BCUT2D eigenvalue weighted by molar-refractivity contribution is 14.1. The summed E-state index contributed by atoms with van der Waals surface area (Å²) in [4.78, 5) is 12.2. The summed E-state index contributed by atoms with van der Waals surface area (Å²) in [7, 11) is 0. The Hall–Kier alpha value is -2.34. The number of carbonyl (C=O) groups excluding carboxylic acids is 1. The Morgan fingerprint density at radius 2 is 1.48 bits per heavy atom. The van der Waals surface area contributed by atoms with E-state index < -0.39 is 0 Å². The van der Waals surface area contributed by atoms with Crippen LogP contribution in [0, 0.1) is 38.2 Å². The second-order valence-electron chi connectivity index (χ2n) is 7.55. The van der Waals surface area contributed by atoms with Crippen molar-refractivity contribution in [2.24, 2.45) is 0 Å². The topological polar surface area (TPSA) is 38.3 Å². The number of carbonyl (C=O) groups is 1. The fourth-order valence-electron chi connectivity index (χ4n) is 3.69. The van der Waals surface area contributed by atoms with Crippen molar-refractivity contribution in [1.29, 1.82) is 0 Å². The molecule has 3 nitrogen and oxygen atoms in total. The van der Waals surface area contributed by atoms with Crippen LogP contribution in [0.5, 0.6) is 5.75 Å². The fraction of sp³-hybridized carbons (Fsp3) is 0.240. The van der Waals surface area contributed by atoms with E-state index in [9.17, 15) is 4.79 Å². The third-order valence-corrected chi connectivity index (χ3v) is 5.67. The van der Waals surface area contributed by atoms with Crippen molar-refractivity contribution in [3.8, 4) is 16.9 Å². The van der Waals surface area contributed by atoms with E-state index in [-0.39, 0.29) is 12.5 Å². The van der Waals surface area contributed by atoms with E-state index in [1.165, 1.54) is 27.8 Å². The van der Waals surface area contributed by atoms with Crippen LogP contribution in [0.4, 0.5) is 5.69 Å². The summed E-state index contributed by atoms with van der Waals surface area (Å²) in [6.45, 7) is 10.5. The van der Waals surface area contributed by atoms with Crippen LogP contribution < -0.4 is 10.1 Å². The van der Waals surface area contributed by atoms with Gasteiger partial charge in [-0.05, 0) is 127 Å². The van der Waals surface area contributed by atoms with Crippen molar-refractivity contribution in [3.63, 3.8) is 0 Å². The summed E-state index contributed by atoms with van der Waals surface area (Å²) in [5.74, 6) is 0.573. The minimum atomic E-state index is -0.169. The molecule has 3 aromatic carbocycles. The van der Waals surface area contributed by atoms with Gasteiger partial charge in [-0.25, -0.2) is 0 Å². The highest BCUT2D eigenvalue weighted by Gasteiger charge is 2.13. The number of aryl methyl sites for hydroxylation is 5. The lowest BCUT2D eigenvalue weighted by Crippen LogP contribution is -2.20. The second kappa shape index (κ2) is 8.99. The zero-order chi connectivity index (χ0) is 21.1. The van der Waals surface area contributed by atoms with Crippen molar-refractivity contribution in [3.05, 3.63) is 79.9 Å². The van der Waals surface area contributed by atoms with Crippen LogP contribution in [-0.2, 0) is 4.79 Å². The first-order valence-electron chi connectivity index (χ1n) is 9.62. The van der Waals surface area contributed by atoms with Gasteiger partial charge in [0.25, 0.3) is 5.91 Å². The first-order chi connectivity index (χ1) is 13.7. The zero-order valence-electron chi connectivity index (χ0n) is 17.5. The van der Waals surface area contributed by atoms with Gasteiger partial charge in [0.1, 0.15) is 5.75 Å². The van der Waals surface area contributed by atoms with E-state index in [2.05, 4.69) is 73.8 Å². The van der Waals surface area contributed by atoms with Crippen LogP contribution in [0.2, 0.25) is 0 Å². The maximum Gasteiger partial charge on any atom is 0.262 e. The van der Waals surface area contributed by atoms with E-state index in [0.717, 1.165) is 26.1 Å². The van der Waals surface area contributed by atoms with Gasteiger partial charge >= 0.3 is 0 Å². The number of amides is 1. The van der Waals surface area contributed by atoms with E-state index in [0.29, 0.717) is 0 Å². The molecule has 3 aromatic rings. The van der Waals surface area contributed by atoms with Gasteiger partial charge in [0, 0.05) is 9.26 Å². The van der Waals surface area contributed by atoms with E-state index in [1.807, 2.05) is 37.3 Å². The van der Waals surface area contributed by atoms with Crippen molar-refractivity contribution in [2.75, 3.05) is 11.9 Å². The Balaban J connectivity index is 1.76. The van der Waals surface area contributed by atoms with Gasteiger partial charge in [-0.15, -0.1) is 0 Å². The molecule has 3 rings (SSSR count). The molecule has 0 saturated heterocycles. The van der Waals surface area contributed by atoms with Crippen molar-refractivity contribution in [1.82, 2.24) is 0 Å². The van der Waals surface area contributed by atoms with Crippen molar-refractivity contribution in [2.45, 2.75) is 34.6 Å². The van der Waals surface area contributed by atoms with Crippen LogP contribution in [0.1, 0.15) is 27.8 Å². The van der Waals surface area contributed by atoms with E-state index in [4.69, 9.17) is 4.74 Å². The molecule has 4 heteroatoms. The number of nitrogens with one attached hydrogen (secondary N) is 1. The molecule has 0 bridgehead atoms. The zero-order valence-corrected chi connectivity index (χ0v) is 19.7. The Morgan fingerprint density at radius 1 is 0.862 bits per heavy atom. The lowest BCUT2D eigenvalue weighted by Gasteiger charge is -2.17. The average molecular weight is 499 g/mol. The molecule has 1 N–H and O–H groups in total. The van der Waals surface area contributed by atoms with Crippen LogP contribution in [0.25, 0.3) is 11.1 Å². The molecular formula is C25H26INO2. The molecule has 0 heterocycles. The minimum Gasteiger partial charge on any atom is -0.483 e. The van der Waals surface area contributed by atoms with Crippen LogP contribution in [-0.4, -0.2) is 12.5 Å². The maximum absolute atomic E-state index is 12.2. The molecule has 150 valence electrons. The van der Waals surface area contributed by atoms with Crippen molar-refractivity contribution >= 4 is 34.2 Å². The summed E-state index contributed by atoms with van der Waals surface area (Å²) in [6.07, 6.45) is 0. The van der Waals surface area contributed by atoms with Crippen LogP contribution >= 0.6 is 22.6 Å². The van der Waals surface area contributed by atoms with E-state index in [1.54, 1.807) is 0 Å². The number of halogens is 1. The van der Waals surface area contributed by atoms with Crippen LogP contribution in [0.15, 0.2) is 48.5 Å². The first kappa shape index (κ1) is 21.4. The third kappa shape index (κ3) is 5.18. The van der Waals surface area contributed by atoms with Gasteiger partial charge in [0.05, 0.1) is 0 Å². The summed E-state index contributed by atoms with van der Waals surface area (Å²) in [5, 5.41) is 2.86. The summed E-state index contributed by atoms with van der Waals surface area (Å²) < 4.78 is 6.96. The van der Waals surface area contributed by atoms with Gasteiger partial charge in [-0.2, -0.15) is 0 Å². The normalized spacial score (nSPS) is 10.7. The van der Waals surface area contributed by atoms with Gasteiger partial charge in [-0.3, -0.25) is 4.79 Å². The van der Waals surface area contributed by atoms with Crippen LogP contribution in [0.3, 0.4) is 0 Å². The molecule has 0 unspecified atom stereocenters. The van der Waals surface area contributed by atoms with Gasteiger partial charge in [-0.1, -0.05) is 17.7 Å². The fourth-order valence-corrected chi connectivity index (χ4v) is 4.05. The third-order valence-electron chi connectivity index (χ3n) is 4.96. The largest absolute Gasteiger partial charge is 0.483 e. The number of anilines is 1. The Labute approximate surface area is 186 Å². The molecule has 0 aliphatic carbocycles. The second-order valence-corrected chi connectivity index (χ2v) is 8.80. The number of benzene rings is 3. The highest BCUT2D eigenvalue weighted by Crippen LogP contribution is 2.34. The lowest BCUT2D eigenvalue weighted by atomic mass is 9.90. The smallest absolute Gasteiger partial charge is 0.262 e. The number of rotatable bonds is 5. The first-order valence-corrected chi connectivity index (χ1v) is 10.7. The molecule has 0 saturated carbocycles. The number of hydrogen-bond acceptors (Lipinski definition) is 2. The Bertz CT molecular complexity index is 1030. The SMILES string of the molecule is Cc1cc(C)c(-c2cc(C)c(OCC(=O)Nc3ccc(I)cc3)cc2C)c(C)c1. The predicted molar refractivity (Wildman–Crippen MR) is 129 cm³/mol. The van der Waals surface area contributed by atoms with E-state index >= 15 is 0 Å². The molecule has 0 spiro atoms. The molecule has 0 aromatic heterocycles. The van der Waals surface area contributed by atoms with Gasteiger partial charge in [0.15, 0.2) is 6.61 Å². The van der Waals surface area contributed by atoms with Crippen molar-refractivity contribution < 1.29 is 9.53 Å². The average Bonchev–Trinajstić information content (AvgIpc) is 2.64. The summed E-state index contributed by atoms with van der Waals surface area (Å²) in [5.41, 5.74) is 9.24. The summed E-state index contributed by atoms with van der Waals surface area (Å²) in [6, 6.07) is 16.3. The molecule has 0 radical (unpaired) electrons. The lowest BCUT2D eigenvalue weighted by molar-refractivity contribution is -0.118.